The first-order valence-corrected chi connectivity index (χ1v) is 10.1. The van der Waals surface area contributed by atoms with Gasteiger partial charge in [0, 0.05) is 11.1 Å². The van der Waals surface area contributed by atoms with Gasteiger partial charge in [-0.25, -0.2) is 5.43 Å². The van der Waals surface area contributed by atoms with Crippen LogP contribution in [-0.4, -0.2) is 56.1 Å². The predicted molar refractivity (Wildman–Crippen MR) is 119 cm³/mol. The Morgan fingerprint density at radius 3 is 2.19 bits per heavy atom. The third kappa shape index (κ3) is 5.79. The van der Waals surface area contributed by atoms with Gasteiger partial charge in [-0.2, -0.15) is 5.10 Å². The lowest BCUT2D eigenvalue weighted by Crippen LogP contribution is -2.34. The minimum atomic E-state index is -0.603. The largest absolute Gasteiger partial charge is 0.506 e. The average molecular weight is 561 g/mol. The number of carbonyl (C=O) groups excluding carboxylic acids is 2. The molecule has 0 aliphatic heterocycles. The van der Waals surface area contributed by atoms with Crippen LogP contribution < -0.4 is 25.0 Å². The molecule has 2 aromatic carbocycles. The Bertz CT molecular complexity index is 1000. The van der Waals surface area contributed by atoms with E-state index in [9.17, 15) is 19.8 Å². The van der Waals surface area contributed by atoms with Gasteiger partial charge in [-0.15, -0.1) is 0 Å². The Hall–Kier alpha value is -2.99. The number of phenolic OH excluding ortho intramolecular Hbond substituents is 2. The summed E-state index contributed by atoms with van der Waals surface area (Å²) in [5.41, 5.74) is 2.66. The van der Waals surface area contributed by atoms with E-state index in [1.807, 2.05) is 0 Å². The van der Waals surface area contributed by atoms with Crippen LogP contribution in [0.15, 0.2) is 32.2 Å². The van der Waals surface area contributed by atoms with Crippen molar-refractivity contribution in [1.82, 2.24) is 10.7 Å². The number of methoxy groups -OCH3 is 3. The first kappa shape index (κ1) is 24.3. The number of amides is 2. The number of phenols is 2. The molecule has 0 aliphatic carbocycles. The number of ether oxygens (including phenoxy) is 3. The summed E-state index contributed by atoms with van der Waals surface area (Å²) in [5.74, 6) is -0.637. The molecule has 0 saturated heterocycles. The number of aromatic hydroxyl groups is 2. The Morgan fingerprint density at radius 2 is 1.65 bits per heavy atom. The van der Waals surface area contributed by atoms with Crippen molar-refractivity contribution in [1.29, 1.82) is 0 Å². The zero-order valence-corrected chi connectivity index (χ0v) is 19.8. The van der Waals surface area contributed by atoms with Gasteiger partial charge in [-0.05, 0) is 50.1 Å². The summed E-state index contributed by atoms with van der Waals surface area (Å²) in [7, 11) is 4.29. The highest BCUT2D eigenvalue weighted by Crippen LogP contribution is 2.40. The molecule has 31 heavy (non-hydrogen) atoms. The number of carbonyl (C=O) groups is 2. The van der Waals surface area contributed by atoms with Crippen LogP contribution in [0.1, 0.15) is 15.9 Å². The van der Waals surface area contributed by atoms with E-state index in [0.717, 1.165) is 0 Å². The summed E-state index contributed by atoms with van der Waals surface area (Å²) in [5, 5.41) is 25.9. The summed E-state index contributed by atoms with van der Waals surface area (Å²) in [6, 6.07) is 4.32. The topological polar surface area (TPSA) is 139 Å². The normalized spacial score (nSPS) is 10.6. The van der Waals surface area contributed by atoms with Crippen LogP contribution in [0.2, 0.25) is 0 Å². The maximum absolute atomic E-state index is 12.4. The molecule has 0 fully saturated rings. The van der Waals surface area contributed by atoms with Crippen LogP contribution in [0.3, 0.4) is 0 Å². The van der Waals surface area contributed by atoms with Gasteiger partial charge in [-0.3, -0.25) is 9.59 Å². The van der Waals surface area contributed by atoms with Gasteiger partial charge in [0.15, 0.2) is 11.5 Å². The van der Waals surface area contributed by atoms with Crippen molar-refractivity contribution in [2.24, 2.45) is 5.10 Å². The molecule has 0 aliphatic rings. The second kappa shape index (κ2) is 10.9. The fraction of sp³-hybridized carbons (Fsp3) is 0.211. The molecule has 12 heteroatoms. The molecule has 0 aromatic heterocycles. The number of benzene rings is 2. The molecule has 0 radical (unpaired) electrons. The molecular formula is C19H19Br2N3O7. The lowest BCUT2D eigenvalue weighted by atomic mass is 10.1. The predicted octanol–water partition coefficient (Wildman–Crippen LogP) is 2.53. The minimum absolute atomic E-state index is 0.0762. The highest BCUT2D eigenvalue weighted by atomic mass is 79.9. The molecule has 0 heterocycles. The molecule has 4 N–H and O–H groups in total. The summed E-state index contributed by atoms with van der Waals surface area (Å²) in [6.45, 7) is -0.359. The first-order chi connectivity index (χ1) is 14.7. The van der Waals surface area contributed by atoms with Gasteiger partial charge >= 0.3 is 0 Å². The molecule has 2 amide bonds. The number of halogens is 2. The lowest BCUT2D eigenvalue weighted by Gasteiger charge is -2.14. The van der Waals surface area contributed by atoms with Gasteiger partial charge in [-0.1, -0.05) is 0 Å². The van der Waals surface area contributed by atoms with Gasteiger partial charge in [0.05, 0.1) is 38.6 Å². The van der Waals surface area contributed by atoms with Crippen molar-refractivity contribution in [2.75, 3.05) is 27.9 Å². The van der Waals surface area contributed by atoms with Gasteiger partial charge in [0.2, 0.25) is 5.75 Å². The minimum Gasteiger partial charge on any atom is -0.506 e. The second-order valence-corrected chi connectivity index (χ2v) is 7.50. The van der Waals surface area contributed by atoms with E-state index in [1.54, 1.807) is 0 Å². The van der Waals surface area contributed by atoms with E-state index in [4.69, 9.17) is 14.2 Å². The van der Waals surface area contributed by atoms with Crippen molar-refractivity contribution in [3.8, 4) is 28.7 Å². The van der Waals surface area contributed by atoms with Crippen molar-refractivity contribution >= 4 is 49.9 Å². The van der Waals surface area contributed by atoms with Crippen molar-refractivity contribution in [3.63, 3.8) is 0 Å². The Balaban J connectivity index is 2.01. The van der Waals surface area contributed by atoms with Gasteiger partial charge in [0.1, 0.15) is 16.0 Å². The number of rotatable bonds is 8. The van der Waals surface area contributed by atoms with Crippen LogP contribution in [0, 0.1) is 0 Å². The average Bonchev–Trinajstić information content (AvgIpc) is 2.78. The standard InChI is InChI=1S/C19H19Br2N3O7/c1-29-12-5-9(6-13(30-2)18(12)31-3)19(28)22-8-14(25)24-23-7-10-4-11(20)17(27)15(21)16(10)26/h4-7,26-27H,8H2,1-3H3,(H,22,28)(H,24,25)/b23-7-. The molecule has 0 saturated carbocycles. The van der Waals surface area contributed by atoms with Crippen LogP contribution in [-0.2, 0) is 4.79 Å². The van der Waals surface area contributed by atoms with Crippen molar-refractivity contribution in [3.05, 3.63) is 38.3 Å². The van der Waals surface area contributed by atoms with Crippen molar-refractivity contribution in [2.45, 2.75) is 0 Å². The van der Waals surface area contributed by atoms with Crippen molar-refractivity contribution < 1.29 is 34.0 Å². The third-order valence-electron chi connectivity index (χ3n) is 3.93. The number of hydrogen-bond donors (Lipinski definition) is 4. The zero-order valence-electron chi connectivity index (χ0n) is 16.7. The molecular weight excluding hydrogens is 542 g/mol. The lowest BCUT2D eigenvalue weighted by molar-refractivity contribution is -0.120. The quantitative estimate of drug-likeness (QED) is 0.287. The fourth-order valence-electron chi connectivity index (χ4n) is 2.40. The summed E-state index contributed by atoms with van der Waals surface area (Å²) in [6.07, 6.45) is 1.18. The van der Waals surface area contributed by atoms with E-state index in [2.05, 4.69) is 47.7 Å². The Kier molecular flexibility index (Phi) is 8.51. The van der Waals surface area contributed by atoms with E-state index < -0.39 is 11.8 Å². The molecule has 0 spiro atoms. The van der Waals surface area contributed by atoms with Crippen LogP contribution in [0.4, 0.5) is 0 Å². The smallest absolute Gasteiger partial charge is 0.259 e. The SMILES string of the molecule is COc1cc(C(=O)NCC(=O)N/N=C\c2cc(Br)c(O)c(Br)c2O)cc(OC)c1OC. The highest BCUT2D eigenvalue weighted by Gasteiger charge is 2.17. The molecule has 0 unspecified atom stereocenters. The van der Waals surface area contributed by atoms with Gasteiger partial charge < -0.3 is 29.7 Å². The number of hydrazone groups is 1. The second-order valence-electron chi connectivity index (χ2n) is 5.85. The van der Waals surface area contributed by atoms with E-state index in [1.165, 1.54) is 45.7 Å². The third-order valence-corrected chi connectivity index (χ3v) is 5.28. The monoisotopic (exact) mass is 559 g/mol. The summed E-state index contributed by atoms with van der Waals surface area (Å²) in [4.78, 5) is 24.3. The molecule has 0 atom stereocenters. The first-order valence-electron chi connectivity index (χ1n) is 8.53. The number of nitrogens with one attached hydrogen (secondary N) is 2. The maximum Gasteiger partial charge on any atom is 0.259 e. The Labute approximate surface area is 194 Å². The van der Waals surface area contributed by atoms with Crippen LogP contribution in [0.5, 0.6) is 28.7 Å². The highest BCUT2D eigenvalue weighted by molar-refractivity contribution is 9.11. The molecule has 10 nitrogen and oxygen atoms in total. The molecule has 166 valence electrons. The van der Waals surface area contributed by atoms with Gasteiger partial charge in [0.25, 0.3) is 11.8 Å². The maximum atomic E-state index is 12.4. The van der Waals surface area contributed by atoms with E-state index in [-0.39, 0.29) is 33.6 Å². The van der Waals surface area contributed by atoms with Crippen LogP contribution in [0.25, 0.3) is 0 Å². The zero-order chi connectivity index (χ0) is 23.1. The van der Waals surface area contributed by atoms with Crippen LogP contribution >= 0.6 is 31.9 Å². The fourth-order valence-corrected chi connectivity index (χ4v) is 3.56. The Morgan fingerprint density at radius 1 is 1.03 bits per heavy atom. The summed E-state index contributed by atoms with van der Waals surface area (Å²) >= 11 is 6.17. The number of hydrogen-bond acceptors (Lipinski definition) is 8. The summed E-state index contributed by atoms with van der Waals surface area (Å²) < 4.78 is 16.0. The van der Waals surface area contributed by atoms with E-state index in [0.29, 0.717) is 21.7 Å². The molecule has 2 aromatic rings. The molecule has 0 bridgehead atoms. The number of nitrogens with zero attached hydrogens (tertiary/aromatic N) is 1. The molecule has 2 rings (SSSR count). The van der Waals surface area contributed by atoms with E-state index >= 15 is 0 Å².